The van der Waals surface area contributed by atoms with E-state index in [0.29, 0.717) is 17.8 Å². The van der Waals surface area contributed by atoms with Gasteiger partial charge in [-0.15, -0.1) is 0 Å². The molecule has 0 aliphatic heterocycles. The van der Waals surface area contributed by atoms with Gasteiger partial charge >= 0.3 is 6.03 Å². The van der Waals surface area contributed by atoms with Gasteiger partial charge in [-0.1, -0.05) is 0 Å². The predicted molar refractivity (Wildman–Crippen MR) is 77.0 cm³/mol. The highest BCUT2D eigenvalue weighted by atomic mass is 32.2. The zero-order valence-electron chi connectivity index (χ0n) is 11.2. The molecule has 5 nitrogen and oxygen atoms in total. The van der Waals surface area contributed by atoms with Crippen LogP contribution in [0.5, 0.6) is 0 Å². The van der Waals surface area contributed by atoms with Crippen LogP contribution in [0.4, 0.5) is 10.5 Å². The fourth-order valence-corrected chi connectivity index (χ4v) is 1.64. The third kappa shape index (κ3) is 5.21. The molecule has 6 heteroatoms. The predicted octanol–water partition coefficient (Wildman–Crippen LogP) is 1.78. The van der Waals surface area contributed by atoms with Crippen molar-refractivity contribution in [2.24, 2.45) is 0 Å². The summed E-state index contributed by atoms with van der Waals surface area (Å²) in [6.07, 6.45) is 1.60. The Labute approximate surface area is 115 Å². The van der Waals surface area contributed by atoms with E-state index < -0.39 is 10.8 Å². The summed E-state index contributed by atoms with van der Waals surface area (Å²) in [5.41, 5.74) is 1.20. The van der Waals surface area contributed by atoms with Gasteiger partial charge in [0.2, 0.25) is 0 Å². The number of hydrogen-bond acceptors (Lipinski definition) is 3. The van der Waals surface area contributed by atoms with E-state index in [1.807, 2.05) is 0 Å². The van der Waals surface area contributed by atoms with Gasteiger partial charge in [0.05, 0.1) is 0 Å². The van der Waals surface area contributed by atoms with E-state index in [-0.39, 0.29) is 17.1 Å². The molecule has 2 atom stereocenters. The molecule has 0 radical (unpaired) electrons. The normalized spacial score (nSPS) is 13.4. The van der Waals surface area contributed by atoms with Gasteiger partial charge in [-0.2, -0.15) is 0 Å². The number of nitrogens with one attached hydrogen (secondary N) is 2. The van der Waals surface area contributed by atoms with Crippen molar-refractivity contribution < 1.29 is 13.8 Å². The Hall–Kier alpha value is -1.69. The van der Waals surface area contributed by atoms with Gasteiger partial charge in [-0.3, -0.25) is 9.00 Å². The zero-order valence-corrected chi connectivity index (χ0v) is 12.0. The van der Waals surface area contributed by atoms with Crippen molar-refractivity contribution in [3.63, 3.8) is 0 Å². The number of carbonyl (C=O) groups excluding carboxylic acids is 2. The first kappa shape index (κ1) is 15.4. The quantitative estimate of drug-likeness (QED) is 0.808. The van der Waals surface area contributed by atoms with Crippen LogP contribution in [-0.2, 0) is 10.8 Å². The highest BCUT2D eigenvalue weighted by molar-refractivity contribution is 7.84. The molecule has 0 bridgehead atoms. The second kappa shape index (κ2) is 7.04. The summed E-state index contributed by atoms with van der Waals surface area (Å²) < 4.78 is 11.1. The van der Waals surface area contributed by atoms with Crippen LogP contribution in [0.15, 0.2) is 24.3 Å². The first-order valence-electron chi connectivity index (χ1n) is 5.88. The molecule has 0 fully saturated rings. The summed E-state index contributed by atoms with van der Waals surface area (Å²) in [5.74, 6) is -0.0183. The monoisotopic (exact) mass is 282 g/mol. The van der Waals surface area contributed by atoms with Crippen LogP contribution in [0.1, 0.15) is 24.2 Å². The fraction of sp³-hybridized carbons (Fsp3) is 0.385. The Morgan fingerprint density at radius 3 is 2.32 bits per heavy atom. The molecule has 0 saturated carbocycles. The number of rotatable bonds is 5. The second-order valence-electron chi connectivity index (χ2n) is 4.28. The van der Waals surface area contributed by atoms with Crippen LogP contribution < -0.4 is 10.6 Å². The maximum Gasteiger partial charge on any atom is 0.319 e. The fourth-order valence-electron chi connectivity index (χ4n) is 1.32. The van der Waals surface area contributed by atoms with E-state index in [0.717, 1.165) is 0 Å². The summed E-state index contributed by atoms with van der Waals surface area (Å²) in [6, 6.07) is 6.28. The van der Waals surface area contributed by atoms with Crippen molar-refractivity contribution in [2.75, 3.05) is 18.1 Å². The lowest BCUT2D eigenvalue weighted by Gasteiger charge is -2.11. The van der Waals surface area contributed by atoms with Gasteiger partial charge in [-0.25, -0.2) is 4.79 Å². The average Bonchev–Trinajstić information content (AvgIpc) is 2.36. The SMILES string of the molecule is CC(=O)c1ccc(NC(=O)NCC(C)S(C)=O)cc1. The maximum absolute atomic E-state index is 11.6. The van der Waals surface area contributed by atoms with E-state index in [9.17, 15) is 13.8 Å². The number of ketones is 1. The highest BCUT2D eigenvalue weighted by Gasteiger charge is 2.08. The smallest absolute Gasteiger partial charge is 0.319 e. The molecule has 2 unspecified atom stereocenters. The molecular formula is C13H18N2O3S. The average molecular weight is 282 g/mol. The van der Waals surface area contributed by atoms with Gasteiger partial charge in [0.25, 0.3) is 0 Å². The third-order valence-electron chi connectivity index (χ3n) is 2.67. The van der Waals surface area contributed by atoms with E-state index in [4.69, 9.17) is 0 Å². The number of Topliss-reactive ketones (excluding diaryl/α,β-unsaturated/α-hetero) is 1. The molecule has 0 aliphatic carbocycles. The lowest BCUT2D eigenvalue weighted by atomic mass is 10.1. The van der Waals surface area contributed by atoms with E-state index in [1.165, 1.54) is 6.92 Å². The molecule has 1 rings (SSSR count). The van der Waals surface area contributed by atoms with E-state index in [2.05, 4.69) is 10.6 Å². The summed E-state index contributed by atoms with van der Waals surface area (Å²) in [7, 11) is -0.962. The summed E-state index contributed by atoms with van der Waals surface area (Å²) in [5, 5.41) is 5.19. The zero-order chi connectivity index (χ0) is 14.4. The first-order valence-corrected chi connectivity index (χ1v) is 7.50. The maximum atomic E-state index is 11.6. The van der Waals surface area contributed by atoms with Gasteiger partial charge in [-0.05, 0) is 38.1 Å². The molecule has 19 heavy (non-hydrogen) atoms. The molecule has 2 N–H and O–H groups in total. The lowest BCUT2D eigenvalue weighted by molar-refractivity contribution is 0.101. The standard InChI is InChI=1S/C13H18N2O3S/c1-9(19(3)18)8-14-13(17)15-12-6-4-11(5-7-12)10(2)16/h4-7,9H,8H2,1-3H3,(H2,14,15,17). The molecule has 0 saturated heterocycles. The minimum atomic E-state index is -0.962. The van der Waals surface area contributed by atoms with Crippen molar-refractivity contribution >= 4 is 28.3 Å². The molecule has 1 aromatic carbocycles. The van der Waals surface area contributed by atoms with Gasteiger partial charge in [0.15, 0.2) is 5.78 Å². The van der Waals surface area contributed by atoms with Crippen LogP contribution in [0.2, 0.25) is 0 Å². The van der Waals surface area contributed by atoms with Crippen molar-refractivity contribution in [1.29, 1.82) is 0 Å². The van der Waals surface area contributed by atoms with Gasteiger partial charge < -0.3 is 10.6 Å². The topological polar surface area (TPSA) is 75.3 Å². The number of urea groups is 1. The minimum absolute atomic E-state index is 0.0183. The lowest BCUT2D eigenvalue weighted by Crippen LogP contribution is -2.35. The third-order valence-corrected chi connectivity index (χ3v) is 3.97. The van der Waals surface area contributed by atoms with Crippen LogP contribution in [-0.4, -0.2) is 34.1 Å². The molecule has 2 amide bonds. The van der Waals surface area contributed by atoms with E-state index >= 15 is 0 Å². The molecular weight excluding hydrogens is 264 g/mol. The van der Waals surface area contributed by atoms with Crippen LogP contribution in [0, 0.1) is 0 Å². The van der Waals surface area contributed by atoms with Gasteiger partial charge in [0.1, 0.15) is 0 Å². The number of amides is 2. The summed E-state index contributed by atoms with van der Waals surface area (Å²) in [4.78, 5) is 22.7. The van der Waals surface area contributed by atoms with Crippen molar-refractivity contribution in [3.05, 3.63) is 29.8 Å². The molecule has 0 aliphatic rings. The largest absolute Gasteiger partial charge is 0.337 e. The second-order valence-corrected chi connectivity index (χ2v) is 6.08. The Balaban J connectivity index is 2.48. The van der Waals surface area contributed by atoms with Crippen molar-refractivity contribution in [3.8, 4) is 0 Å². The number of carbonyl (C=O) groups is 2. The molecule has 0 aromatic heterocycles. The first-order chi connectivity index (χ1) is 8.90. The highest BCUT2D eigenvalue weighted by Crippen LogP contribution is 2.09. The Morgan fingerprint density at radius 2 is 1.84 bits per heavy atom. The van der Waals surface area contributed by atoms with Crippen molar-refractivity contribution in [1.82, 2.24) is 5.32 Å². The Kier molecular flexibility index (Phi) is 5.69. The van der Waals surface area contributed by atoms with Crippen LogP contribution in [0.25, 0.3) is 0 Å². The van der Waals surface area contributed by atoms with E-state index in [1.54, 1.807) is 37.4 Å². The molecule has 0 spiro atoms. The number of hydrogen-bond donors (Lipinski definition) is 2. The Morgan fingerprint density at radius 1 is 1.26 bits per heavy atom. The minimum Gasteiger partial charge on any atom is -0.337 e. The molecule has 0 heterocycles. The van der Waals surface area contributed by atoms with Gasteiger partial charge in [0, 0.05) is 40.1 Å². The number of anilines is 1. The van der Waals surface area contributed by atoms with Crippen molar-refractivity contribution in [2.45, 2.75) is 19.1 Å². The molecule has 1 aromatic rings. The van der Waals surface area contributed by atoms with Crippen LogP contribution in [0.3, 0.4) is 0 Å². The summed E-state index contributed by atoms with van der Waals surface area (Å²) >= 11 is 0. The number of benzene rings is 1. The Bertz CT molecular complexity index is 485. The molecule has 104 valence electrons. The van der Waals surface area contributed by atoms with Crippen LogP contribution >= 0.6 is 0 Å². The summed E-state index contributed by atoms with van der Waals surface area (Å²) in [6.45, 7) is 3.64.